The van der Waals surface area contributed by atoms with Crippen LogP contribution in [-0.4, -0.2) is 18.4 Å². The Kier molecular flexibility index (Phi) is 3.26. The minimum atomic E-state index is -4.04. The number of hydrogen-bond acceptors (Lipinski definition) is 4. The first kappa shape index (κ1) is 13.4. The molecule has 7 heteroatoms. The predicted molar refractivity (Wildman–Crippen MR) is 76.7 cm³/mol. The van der Waals surface area contributed by atoms with Crippen LogP contribution >= 0.6 is 0 Å². The highest BCUT2D eigenvalue weighted by Crippen LogP contribution is 2.18. The molecule has 1 N–H and O–H groups in total. The second kappa shape index (κ2) is 5.10. The van der Waals surface area contributed by atoms with Gasteiger partial charge in [0, 0.05) is 0 Å². The largest absolute Gasteiger partial charge is 0.266 e. The number of para-hydroxylation sites is 2. The summed E-state index contributed by atoms with van der Waals surface area (Å²) in [6.45, 7) is 0. The zero-order valence-electron chi connectivity index (χ0n) is 10.7. The molecule has 5 nitrogen and oxygen atoms in total. The van der Waals surface area contributed by atoms with Crippen molar-refractivity contribution in [2.45, 2.75) is 4.90 Å². The van der Waals surface area contributed by atoms with Crippen molar-refractivity contribution in [3.63, 3.8) is 0 Å². The molecule has 0 saturated carbocycles. The normalized spacial score (nSPS) is 11.5. The standard InChI is InChI=1S/C14H10FN3O2S/c15-10-5-1-4-8-13(10)21(19,20)18-14-9-16-11-6-2-3-7-12(11)17-14/h1-9H,(H,17,18). The van der Waals surface area contributed by atoms with E-state index < -0.39 is 20.7 Å². The van der Waals surface area contributed by atoms with Gasteiger partial charge >= 0.3 is 0 Å². The highest BCUT2D eigenvalue weighted by atomic mass is 32.2. The quantitative estimate of drug-likeness (QED) is 0.807. The number of benzene rings is 2. The average molecular weight is 303 g/mol. The van der Waals surface area contributed by atoms with Gasteiger partial charge in [-0.1, -0.05) is 24.3 Å². The molecule has 0 bridgehead atoms. The maximum absolute atomic E-state index is 13.6. The first-order valence-electron chi connectivity index (χ1n) is 6.05. The number of halogens is 1. The fourth-order valence-electron chi connectivity index (χ4n) is 1.86. The Morgan fingerprint density at radius 1 is 0.952 bits per heavy atom. The van der Waals surface area contributed by atoms with Gasteiger partial charge in [0.05, 0.1) is 17.2 Å². The van der Waals surface area contributed by atoms with E-state index in [-0.39, 0.29) is 5.82 Å². The van der Waals surface area contributed by atoms with E-state index >= 15 is 0 Å². The van der Waals surface area contributed by atoms with Crippen molar-refractivity contribution >= 4 is 26.9 Å². The summed E-state index contributed by atoms with van der Waals surface area (Å²) >= 11 is 0. The van der Waals surface area contributed by atoms with Gasteiger partial charge in [0.1, 0.15) is 10.7 Å². The van der Waals surface area contributed by atoms with Gasteiger partial charge in [0.25, 0.3) is 10.0 Å². The minimum Gasteiger partial charge on any atom is -0.262 e. The van der Waals surface area contributed by atoms with Gasteiger partial charge in [0.15, 0.2) is 5.82 Å². The maximum atomic E-state index is 13.6. The predicted octanol–water partition coefficient (Wildman–Crippen LogP) is 2.57. The van der Waals surface area contributed by atoms with Crippen LogP contribution in [0.5, 0.6) is 0 Å². The number of nitrogens with zero attached hydrogens (tertiary/aromatic N) is 2. The SMILES string of the molecule is O=S(=O)(Nc1cnc2ccccc2n1)c1ccccc1F. The number of aromatic nitrogens is 2. The van der Waals surface area contributed by atoms with Crippen LogP contribution in [0.1, 0.15) is 0 Å². The van der Waals surface area contributed by atoms with Gasteiger partial charge in [-0.2, -0.15) is 0 Å². The molecule has 0 aliphatic carbocycles. The summed E-state index contributed by atoms with van der Waals surface area (Å²) < 4.78 is 40.1. The lowest BCUT2D eigenvalue weighted by Gasteiger charge is -2.08. The summed E-state index contributed by atoms with van der Waals surface area (Å²) in [7, 11) is -4.04. The third kappa shape index (κ3) is 2.68. The third-order valence-electron chi connectivity index (χ3n) is 2.81. The lowest BCUT2D eigenvalue weighted by molar-refractivity contribution is 0.570. The first-order chi connectivity index (χ1) is 10.1. The molecular formula is C14H10FN3O2S. The molecule has 21 heavy (non-hydrogen) atoms. The molecular weight excluding hydrogens is 293 g/mol. The van der Waals surface area contributed by atoms with E-state index in [1.807, 2.05) is 0 Å². The smallest absolute Gasteiger partial charge is 0.262 e. The first-order valence-corrected chi connectivity index (χ1v) is 7.54. The van der Waals surface area contributed by atoms with Crippen LogP contribution in [-0.2, 0) is 10.0 Å². The minimum absolute atomic E-state index is 0.0388. The zero-order valence-corrected chi connectivity index (χ0v) is 11.5. The molecule has 0 amide bonds. The Morgan fingerprint density at radius 3 is 2.38 bits per heavy atom. The Hall–Kier alpha value is -2.54. The molecule has 1 aromatic heterocycles. The van der Waals surface area contributed by atoms with Gasteiger partial charge in [-0.25, -0.2) is 17.8 Å². The van der Waals surface area contributed by atoms with Crippen molar-refractivity contribution < 1.29 is 12.8 Å². The fourth-order valence-corrected chi connectivity index (χ4v) is 2.93. The number of nitrogens with one attached hydrogen (secondary N) is 1. The number of rotatable bonds is 3. The number of anilines is 1. The van der Waals surface area contributed by atoms with E-state index in [0.717, 1.165) is 6.07 Å². The second-order valence-electron chi connectivity index (χ2n) is 4.28. The summed E-state index contributed by atoms with van der Waals surface area (Å²) in [6.07, 6.45) is 1.29. The van der Waals surface area contributed by atoms with Crippen LogP contribution in [0.2, 0.25) is 0 Å². The fraction of sp³-hybridized carbons (Fsp3) is 0. The lowest BCUT2D eigenvalue weighted by Crippen LogP contribution is -2.15. The van der Waals surface area contributed by atoms with Gasteiger partial charge in [-0.15, -0.1) is 0 Å². The van der Waals surface area contributed by atoms with Crippen molar-refractivity contribution in [3.05, 3.63) is 60.5 Å². The molecule has 0 aliphatic heterocycles. The highest BCUT2D eigenvalue weighted by molar-refractivity contribution is 7.92. The topological polar surface area (TPSA) is 72.0 Å². The van der Waals surface area contributed by atoms with E-state index in [1.165, 1.54) is 24.4 Å². The van der Waals surface area contributed by atoms with E-state index in [2.05, 4.69) is 14.7 Å². The van der Waals surface area contributed by atoms with Crippen LogP contribution in [0.3, 0.4) is 0 Å². The summed E-state index contributed by atoms with van der Waals surface area (Å²) in [5, 5.41) is 0. The monoisotopic (exact) mass is 303 g/mol. The molecule has 0 atom stereocenters. The zero-order chi connectivity index (χ0) is 14.9. The lowest BCUT2D eigenvalue weighted by atomic mass is 10.3. The second-order valence-corrected chi connectivity index (χ2v) is 5.93. The summed E-state index contributed by atoms with van der Waals surface area (Å²) in [5.41, 5.74) is 1.19. The van der Waals surface area contributed by atoms with Crippen LogP contribution in [0.25, 0.3) is 11.0 Å². The Morgan fingerprint density at radius 2 is 1.62 bits per heavy atom. The maximum Gasteiger partial charge on any atom is 0.266 e. The number of hydrogen-bond donors (Lipinski definition) is 1. The Bertz CT molecular complexity index is 913. The molecule has 2 aromatic carbocycles. The van der Waals surface area contributed by atoms with E-state index in [4.69, 9.17) is 0 Å². The molecule has 0 radical (unpaired) electrons. The molecule has 0 saturated heterocycles. The van der Waals surface area contributed by atoms with E-state index in [0.29, 0.717) is 11.0 Å². The van der Waals surface area contributed by atoms with Crippen molar-refractivity contribution in [1.29, 1.82) is 0 Å². The molecule has 0 fully saturated rings. The van der Waals surface area contributed by atoms with Crippen molar-refractivity contribution in [3.8, 4) is 0 Å². The van der Waals surface area contributed by atoms with E-state index in [1.54, 1.807) is 24.3 Å². The van der Waals surface area contributed by atoms with Gasteiger partial charge < -0.3 is 0 Å². The van der Waals surface area contributed by atoms with Gasteiger partial charge in [0.2, 0.25) is 0 Å². The summed E-state index contributed by atoms with van der Waals surface area (Å²) in [6, 6.07) is 12.2. The van der Waals surface area contributed by atoms with E-state index in [9.17, 15) is 12.8 Å². The van der Waals surface area contributed by atoms with Gasteiger partial charge in [-0.05, 0) is 24.3 Å². The molecule has 0 spiro atoms. The van der Waals surface area contributed by atoms with Crippen LogP contribution in [0.4, 0.5) is 10.2 Å². The summed E-state index contributed by atoms with van der Waals surface area (Å²) in [5.74, 6) is -0.782. The molecule has 3 aromatic rings. The molecule has 0 aliphatic rings. The molecule has 0 unspecified atom stereocenters. The highest BCUT2D eigenvalue weighted by Gasteiger charge is 2.19. The average Bonchev–Trinajstić information content (AvgIpc) is 2.47. The number of fused-ring (bicyclic) bond motifs is 1. The van der Waals surface area contributed by atoms with Crippen molar-refractivity contribution in [2.75, 3.05) is 4.72 Å². The van der Waals surface area contributed by atoms with Gasteiger partial charge in [-0.3, -0.25) is 9.71 Å². The number of sulfonamides is 1. The van der Waals surface area contributed by atoms with Crippen molar-refractivity contribution in [1.82, 2.24) is 9.97 Å². The van der Waals surface area contributed by atoms with Crippen LogP contribution in [0.15, 0.2) is 59.6 Å². The summed E-state index contributed by atoms with van der Waals surface area (Å²) in [4.78, 5) is 7.81. The van der Waals surface area contributed by atoms with Crippen molar-refractivity contribution in [2.24, 2.45) is 0 Å². The Balaban J connectivity index is 1.99. The molecule has 3 rings (SSSR count). The molecule has 106 valence electrons. The Labute approximate surface area is 120 Å². The van der Waals surface area contributed by atoms with Crippen LogP contribution < -0.4 is 4.72 Å². The third-order valence-corrected chi connectivity index (χ3v) is 4.20. The molecule has 1 heterocycles. The van der Waals surface area contributed by atoms with Crippen LogP contribution in [0, 0.1) is 5.82 Å².